The number of hydrogen-bond donors (Lipinski definition) is 4. The molecule has 0 aliphatic heterocycles. The lowest BCUT2D eigenvalue weighted by Gasteiger charge is -2.19. The van der Waals surface area contributed by atoms with Crippen molar-refractivity contribution < 1.29 is 19.8 Å². The van der Waals surface area contributed by atoms with Gasteiger partial charge in [-0.1, -0.05) is 13.8 Å². The van der Waals surface area contributed by atoms with E-state index in [1.165, 1.54) is 0 Å². The summed E-state index contributed by atoms with van der Waals surface area (Å²) < 4.78 is 0. The average molecular weight is 218 g/mol. The van der Waals surface area contributed by atoms with Gasteiger partial charge >= 0.3 is 5.97 Å². The molecule has 6 heteroatoms. The maximum Gasteiger partial charge on any atom is 0.326 e. The van der Waals surface area contributed by atoms with Gasteiger partial charge in [-0.2, -0.15) is 0 Å². The van der Waals surface area contributed by atoms with Gasteiger partial charge < -0.3 is 21.3 Å². The molecule has 88 valence electrons. The number of nitrogens with one attached hydrogen (secondary N) is 1. The molecule has 0 heterocycles. The fraction of sp³-hybridized carbons (Fsp3) is 0.778. The molecule has 0 aromatic heterocycles. The molecule has 0 aliphatic rings. The summed E-state index contributed by atoms with van der Waals surface area (Å²) in [5, 5.41) is 19.6. The maximum absolute atomic E-state index is 11.4. The minimum absolute atomic E-state index is 0.0219. The predicted octanol–water partition coefficient (Wildman–Crippen LogP) is -1.08. The first-order valence-electron chi connectivity index (χ1n) is 4.79. The molecule has 0 aliphatic carbocycles. The van der Waals surface area contributed by atoms with Gasteiger partial charge in [-0.15, -0.1) is 0 Å². The van der Waals surface area contributed by atoms with Crippen LogP contribution < -0.4 is 11.1 Å². The van der Waals surface area contributed by atoms with Crippen LogP contribution in [0.15, 0.2) is 0 Å². The number of nitrogens with two attached hydrogens (primary N) is 1. The monoisotopic (exact) mass is 218 g/mol. The molecule has 15 heavy (non-hydrogen) atoms. The quantitative estimate of drug-likeness (QED) is 0.453. The number of aliphatic hydroxyl groups is 1. The molecule has 0 aromatic rings. The number of aliphatic carboxylic acids is 1. The summed E-state index contributed by atoms with van der Waals surface area (Å²) in [7, 11) is 0. The second-order valence-corrected chi connectivity index (χ2v) is 3.68. The van der Waals surface area contributed by atoms with E-state index in [-0.39, 0.29) is 18.9 Å². The van der Waals surface area contributed by atoms with E-state index in [2.05, 4.69) is 5.32 Å². The Morgan fingerprint density at radius 1 is 1.40 bits per heavy atom. The lowest BCUT2D eigenvalue weighted by Crippen LogP contribution is -2.50. The SMILES string of the molecule is CC(C)[C@H](N)C(=O)N[C@H](CCO)C(=O)O. The van der Waals surface area contributed by atoms with Crippen molar-refractivity contribution >= 4 is 11.9 Å². The molecule has 0 fully saturated rings. The molecule has 5 N–H and O–H groups in total. The van der Waals surface area contributed by atoms with E-state index < -0.39 is 24.0 Å². The summed E-state index contributed by atoms with van der Waals surface area (Å²) >= 11 is 0. The highest BCUT2D eigenvalue weighted by molar-refractivity contribution is 5.86. The molecule has 0 rings (SSSR count). The van der Waals surface area contributed by atoms with Crippen LogP contribution in [0.2, 0.25) is 0 Å². The molecular weight excluding hydrogens is 200 g/mol. The van der Waals surface area contributed by atoms with Gasteiger partial charge in [0.15, 0.2) is 0 Å². The van der Waals surface area contributed by atoms with Gasteiger partial charge in [0.1, 0.15) is 6.04 Å². The first kappa shape index (κ1) is 13.9. The van der Waals surface area contributed by atoms with Crippen molar-refractivity contribution in [3.63, 3.8) is 0 Å². The van der Waals surface area contributed by atoms with Gasteiger partial charge in [0.05, 0.1) is 6.04 Å². The number of aliphatic hydroxyl groups excluding tert-OH is 1. The van der Waals surface area contributed by atoms with Crippen LogP contribution in [0, 0.1) is 5.92 Å². The Morgan fingerprint density at radius 2 is 1.93 bits per heavy atom. The molecular formula is C9H18N2O4. The van der Waals surface area contributed by atoms with Crippen LogP contribution in [0.25, 0.3) is 0 Å². The molecule has 0 saturated heterocycles. The number of carboxylic acid groups (broad SMARTS) is 1. The van der Waals surface area contributed by atoms with Crippen molar-refractivity contribution in [3.05, 3.63) is 0 Å². The largest absolute Gasteiger partial charge is 0.480 e. The number of hydrogen-bond acceptors (Lipinski definition) is 4. The van der Waals surface area contributed by atoms with E-state index in [9.17, 15) is 9.59 Å². The fourth-order valence-corrected chi connectivity index (χ4v) is 0.957. The molecule has 0 bridgehead atoms. The van der Waals surface area contributed by atoms with Crippen molar-refractivity contribution in [3.8, 4) is 0 Å². The molecule has 0 unspecified atom stereocenters. The standard InChI is InChI=1S/C9H18N2O4/c1-5(2)7(10)8(13)11-6(3-4-12)9(14)15/h5-7,12H,3-4,10H2,1-2H3,(H,11,13)(H,14,15)/t6-,7+/m1/s1. The fourth-order valence-electron chi connectivity index (χ4n) is 0.957. The molecule has 0 saturated carbocycles. The van der Waals surface area contributed by atoms with Crippen molar-refractivity contribution in [1.82, 2.24) is 5.32 Å². The summed E-state index contributed by atoms with van der Waals surface area (Å²) in [5.74, 6) is -1.74. The van der Waals surface area contributed by atoms with E-state index in [0.29, 0.717) is 0 Å². The molecule has 0 aromatic carbocycles. The van der Waals surface area contributed by atoms with Crippen molar-refractivity contribution in [1.29, 1.82) is 0 Å². The third-order valence-corrected chi connectivity index (χ3v) is 2.05. The zero-order valence-electron chi connectivity index (χ0n) is 8.93. The smallest absolute Gasteiger partial charge is 0.326 e. The van der Waals surface area contributed by atoms with E-state index in [1.807, 2.05) is 0 Å². The van der Waals surface area contributed by atoms with Crippen LogP contribution >= 0.6 is 0 Å². The predicted molar refractivity (Wildman–Crippen MR) is 54.1 cm³/mol. The average Bonchev–Trinajstić information content (AvgIpc) is 2.15. The molecule has 2 atom stereocenters. The highest BCUT2D eigenvalue weighted by Crippen LogP contribution is 2.00. The summed E-state index contributed by atoms with van der Waals surface area (Å²) in [5.41, 5.74) is 5.54. The molecule has 6 nitrogen and oxygen atoms in total. The Balaban J connectivity index is 4.28. The third kappa shape index (κ3) is 4.75. The Labute approximate surface area is 88.5 Å². The van der Waals surface area contributed by atoms with Gasteiger partial charge in [-0.3, -0.25) is 4.79 Å². The minimum atomic E-state index is -1.17. The summed E-state index contributed by atoms with van der Waals surface area (Å²) in [4.78, 5) is 22.0. The third-order valence-electron chi connectivity index (χ3n) is 2.05. The van der Waals surface area contributed by atoms with Crippen molar-refractivity contribution in [2.24, 2.45) is 11.7 Å². The zero-order chi connectivity index (χ0) is 12.0. The van der Waals surface area contributed by atoms with Crippen LogP contribution in [0.4, 0.5) is 0 Å². The lowest BCUT2D eigenvalue weighted by atomic mass is 10.0. The van der Waals surface area contributed by atoms with Crippen LogP contribution in [0.5, 0.6) is 0 Å². The number of rotatable bonds is 6. The Bertz CT molecular complexity index is 230. The van der Waals surface area contributed by atoms with Crippen LogP contribution in [0.1, 0.15) is 20.3 Å². The van der Waals surface area contributed by atoms with E-state index in [1.54, 1.807) is 13.8 Å². The van der Waals surface area contributed by atoms with Gasteiger partial charge in [0.25, 0.3) is 0 Å². The summed E-state index contributed by atoms with van der Waals surface area (Å²) in [6, 6.07) is -1.81. The topological polar surface area (TPSA) is 113 Å². The van der Waals surface area contributed by atoms with Gasteiger partial charge in [-0.05, 0) is 5.92 Å². The lowest BCUT2D eigenvalue weighted by molar-refractivity contribution is -0.142. The Morgan fingerprint density at radius 3 is 2.27 bits per heavy atom. The van der Waals surface area contributed by atoms with E-state index in [0.717, 1.165) is 0 Å². The zero-order valence-corrected chi connectivity index (χ0v) is 8.93. The van der Waals surface area contributed by atoms with E-state index >= 15 is 0 Å². The van der Waals surface area contributed by atoms with Gasteiger partial charge in [0, 0.05) is 13.0 Å². The second-order valence-electron chi connectivity index (χ2n) is 3.68. The Hall–Kier alpha value is -1.14. The van der Waals surface area contributed by atoms with Crippen molar-refractivity contribution in [2.45, 2.75) is 32.4 Å². The summed E-state index contributed by atoms with van der Waals surface area (Å²) in [6.07, 6.45) is -0.0219. The highest BCUT2D eigenvalue weighted by atomic mass is 16.4. The number of carbonyl (C=O) groups excluding carboxylic acids is 1. The van der Waals surface area contributed by atoms with E-state index in [4.69, 9.17) is 15.9 Å². The molecule has 0 radical (unpaired) electrons. The Kier molecular flexibility index (Phi) is 5.88. The second kappa shape index (κ2) is 6.36. The normalized spacial score (nSPS) is 14.7. The van der Waals surface area contributed by atoms with Crippen LogP contribution in [-0.2, 0) is 9.59 Å². The number of carboxylic acids is 1. The molecule has 1 amide bonds. The first-order valence-corrected chi connectivity index (χ1v) is 4.79. The number of carbonyl (C=O) groups is 2. The van der Waals surface area contributed by atoms with Crippen molar-refractivity contribution in [2.75, 3.05) is 6.61 Å². The maximum atomic E-state index is 11.4. The van der Waals surface area contributed by atoms with Gasteiger partial charge in [-0.25, -0.2) is 4.79 Å². The summed E-state index contributed by atoms with van der Waals surface area (Å²) in [6.45, 7) is 3.24. The van der Waals surface area contributed by atoms with Crippen LogP contribution in [0.3, 0.4) is 0 Å². The van der Waals surface area contributed by atoms with Crippen LogP contribution in [-0.4, -0.2) is 40.8 Å². The van der Waals surface area contributed by atoms with Gasteiger partial charge in [0.2, 0.25) is 5.91 Å². The molecule has 0 spiro atoms. The first-order chi connectivity index (χ1) is 6.90. The minimum Gasteiger partial charge on any atom is -0.480 e. The highest BCUT2D eigenvalue weighted by Gasteiger charge is 2.24. The number of amides is 1.